The van der Waals surface area contributed by atoms with E-state index < -0.39 is 22.8 Å². The molecule has 2 aromatic rings. The minimum atomic E-state index is -4.41. The van der Waals surface area contributed by atoms with Gasteiger partial charge < -0.3 is 10.6 Å². The summed E-state index contributed by atoms with van der Waals surface area (Å²) >= 11 is 0. The van der Waals surface area contributed by atoms with Crippen molar-refractivity contribution >= 4 is 17.5 Å². The van der Waals surface area contributed by atoms with Gasteiger partial charge in [-0.2, -0.15) is 13.2 Å². The van der Waals surface area contributed by atoms with Gasteiger partial charge in [-0.15, -0.1) is 0 Å². The number of nitrogens with two attached hydrogens (primary N) is 1. The largest absolute Gasteiger partial charge is 0.416 e. The number of fused-ring (bicyclic) bond motifs is 1. The maximum absolute atomic E-state index is 12.6. The van der Waals surface area contributed by atoms with Crippen molar-refractivity contribution in [2.24, 2.45) is 5.73 Å². The zero-order chi connectivity index (χ0) is 17.5. The van der Waals surface area contributed by atoms with Crippen LogP contribution in [0.2, 0.25) is 0 Å². The Hall–Kier alpha value is -2.87. The number of halogens is 3. The van der Waals surface area contributed by atoms with Crippen LogP contribution < -0.4 is 10.6 Å². The first-order chi connectivity index (χ1) is 11.3. The van der Waals surface area contributed by atoms with Crippen molar-refractivity contribution in [1.29, 1.82) is 0 Å². The predicted octanol–water partition coefficient (Wildman–Crippen LogP) is 4.06. The fraction of sp³-hybridized carbons (Fsp3) is 0.125. The molecule has 1 aliphatic rings. The lowest BCUT2D eigenvalue weighted by atomic mass is 9.99. The smallest absolute Gasteiger partial charge is 0.328 e. The molecule has 24 heavy (non-hydrogen) atoms. The summed E-state index contributed by atoms with van der Waals surface area (Å²) in [5, 5.41) is 11.1. The Bertz CT molecular complexity index is 816. The van der Waals surface area contributed by atoms with Gasteiger partial charge in [0, 0.05) is 23.5 Å². The maximum Gasteiger partial charge on any atom is 0.416 e. The first kappa shape index (κ1) is 16.0. The third-order valence-electron chi connectivity index (χ3n) is 3.83. The third kappa shape index (κ3) is 2.71. The van der Waals surface area contributed by atoms with E-state index in [1.54, 1.807) is 11.0 Å². The van der Waals surface area contributed by atoms with Crippen LogP contribution in [-0.4, -0.2) is 4.92 Å². The van der Waals surface area contributed by atoms with E-state index in [2.05, 4.69) is 0 Å². The molecule has 0 spiro atoms. The molecule has 1 unspecified atom stereocenters. The molecule has 2 aromatic carbocycles. The second-order valence-corrected chi connectivity index (χ2v) is 5.25. The Morgan fingerprint density at radius 2 is 1.79 bits per heavy atom. The van der Waals surface area contributed by atoms with Gasteiger partial charge in [0.05, 0.1) is 16.1 Å². The van der Waals surface area contributed by atoms with Gasteiger partial charge in [0.2, 0.25) is 0 Å². The van der Waals surface area contributed by atoms with Crippen LogP contribution in [0.1, 0.15) is 22.9 Å². The molecule has 0 amide bonds. The summed E-state index contributed by atoms with van der Waals surface area (Å²) in [6.45, 7) is 0. The monoisotopic (exact) mass is 335 g/mol. The SMILES string of the molecule is NC1c2cccc([N+](=O)[O-])c2C=CN1c1ccc(C(F)(F)F)cc1. The Morgan fingerprint density at radius 3 is 2.38 bits per heavy atom. The van der Waals surface area contributed by atoms with E-state index in [1.807, 2.05) is 0 Å². The Labute approximate surface area is 135 Å². The Kier molecular flexibility index (Phi) is 3.76. The van der Waals surface area contributed by atoms with Crippen LogP contribution in [0, 0.1) is 10.1 Å². The summed E-state index contributed by atoms with van der Waals surface area (Å²) in [6, 6.07) is 9.14. The molecule has 8 heteroatoms. The molecular formula is C16H12F3N3O2. The van der Waals surface area contributed by atoms with Crippen molar-refractivity contribution in [3.8, 4) is 0 Å². The van der Waals surface area contributed by atoms with E-state index in [0.29, 0.717) is 16.8 Å². The molecule has 0 saturated heterocycles. The molecule has 0 fully saturated rings. The molecule has 0 aromatic heterocycles. The first-order valence-electron chi connectivity index (χ1n) is 6.96. The molecule has 1 atom stereocenters. The number of hydrogen-bond donors (Lipinski definition) is 1. The minimum Gasteiger partial charge on any atom is -0.328 e. The van der Waals surface area contributed by atoms with Gasteiger partial charge in [0.1, 0.15) is 6.17 Å². The van der Waals surface area contributed by atoms with E-state index in [0.717, 1.165) is 12.1 Å². The fourth-order valence-electron chi connectivity index (χ4n) is 2.64. The van der Waals surface area contributed by atoms with Gasteiger partial charge in [0.15, 0.2) is 0 Å². The second-order valence-electron chi connectivity index (χ2n) is 5.25. The van der Waals surface area contributed by atoms with E-state index >= 15 is 0 Å². The number of anilines is 1. The van der Waals surface area contributed by atoms with Crippen molar-refractivity contribution in [1.82, 2.24) is 0 Å². The lowest BCUT2D eigenvalue weighted by Gasteiger charge is -2.32. The van der Waals surface area contributed by atoms with Crippen LogP contribution in [0.5, 0.6) is 0 Å². The summed E-state index contributed by atoms with van der Waals surface area (Å²) in [7, 11) is 0. The Balaban J connectivity index is 1.97. The third-order valence-corrected chi connectivity index (χ3v) is 3.83. The van der Waals surface area contributed by atoms with Crippen LogP contribution in [0.4, 0.5) is 24.5 Å². The number of nitrogens with zero attached hydrogens (tertiary/aromatic N) is 2. The zero-order valence-corrected chi connectivity index (χ0v) is 12.2. The van der Waals surface area contributed by atoms with E-state index in [9.17, 15) is 23.3 Å². The van der Waals surface area contributed by atoms with Crippen LogP contribution in [0.25, 0.3) is 6.08 Å². The number of alkyl halides is 3. The second kappa shape index (κ2) is 5.64. The van der Waals surface area contributed by atoms with Crippen LogP contribution in [-0.2, 0) is 6.18 Å². The molecule has 1 heterocycles. The molecule has 124 valence electrons. The molecule has 0 aliphatic carbocycles. The molecule has 3 rings (SSSR count). The first-order valence-corrected chi connectivity index (χ1v) is 6.96. The molecule has 0 radical (unpaired) electrons. The van der Waals surface area contributed by atoms with E-state index in [-0.39, 0.29) is 5.69 Å². The fourth-order valence-corrected chi connectivity index (χ4v) is 2.64. The summed E-state index contributed by atoms with van der Waals surface area (Å²) in [5.74, 6) is 0. The molecule has 5 nitrogen and oxygen atoms in total. The highest BCUT2D eigenvalue weighted by Crippen LogP contribution is 2.36. The van der Waals surface area contributed by atoms with Gasteiger partial charge in [-0.05, 0) is 30.3 Å². The predicted molar refractivity (Wildman–Crippen MR) is 83.0 cm³/mol. The number of benzene rings is 2. The van der Waals surface area contributed by atoms with Gasteiger partial charge in [-0.25, -0.2) is 0 Å². The molecule has 0 saturated carbocycles. The minimum absolute atomic E-state index is 0.0636. The highest BCUT2D eigenvalue weighted by Gasteiger charge is 2.31. The van der Waals surface area contributed by atoms with Crippen molar-refractivity contribution < 1.29 is 18.1 Å². The van der Waals surface area contributed by atoms with Gasteiger partial charge in [-0.3, -0.25) is 10.1 Å². The van der Waals surface area contributed by atoms with Crippen molar-refractivity contribution in [3.63, 3.8) is 0 Å². The summed E-state index contributed by atoms with van der Waals surface area (Å²) in [4.78, 5) is 12.1. The average molecular weight is 335 g/mol. The average Bonchev–Trinajstić information content (AvgIpc) is 2.54. The maximum atomic E-state index is 12.6. The summed E-state index contributed by atoms with van der Waals surface area (Å²) in [6.07, 6.45) is -2.08. The quantitative estimate of drug-likeness (QED) is 0.663. The highest BCUT2D eigenvalue weighted by molar-refractivity contribution is 5.72. The Morgan fingerprint density at radius 1 is 1.12 bits per heavy atom. The van der Waals surface area contributed by atoms with Gasteiger partial charge in [-0.1, -0.05) is 12.1 Å². The van der Waals surface area contributed by atoms with Crippen molar-refractivity contribution in [3.05, 3.63) is 75.5 Å². The van der Waals surface area contributed by atoms with E-state index in [1.165, 1.54) is 36.5 Å². The van der Waals surface area contributed by atoms with Crippen LogP contribution >= 0.6 is 0 Å². The molecule has 0 bridgehead atoms. The lowest BCUT2D eigenvalue weighted by molar-refractivity contribution is -0.385. The van der Waals surface area contributed by atoms with Crippen LogP contribution in [0.3, 0.4) is 0 Å². The topological polar surface area (TPSA) is 72.4 Å². The van der Waals surface area contributed by atoms with Crippen molar-refractivity contribution in [2.75, 3.05) is 4.90 Å². The number of nitro benzene ring substituents is 1. The summed E-state index contributed by atoms with van der Waals surface area (Å²) < 4.78 is 37.9. The van der Waals surface area contributed by atoms with Gasteiger partial charge in [0.25, 0.3) is 5.69 Å². The van der Waals surface area contributed by atoms with E-state index in [4.69, 9.17) is 5.73 Å². The normalized spacial score (nSPS) is 16.8. The van der Waals surface area contributed by atoms with Gasteiger partial charge >= 0.3 is 6.18 Å². The molecule has 1 aliphatic heterocycles. The number of nitro groups is 1. The molecule has 2 N–H and O–H groups in total. The zero-order valence-electron chi connectivity index (χ0n) is 12.2. The summed E-state index contributed by atoms with van der Waals surface area (Å²) in [5.41, 5.74) is 6.73. The highest BCUT2D eigenvalue weighted by atomic mass is 19.4. The number of rotatable bonds is 2. The standard InChI is InChI=1S/C16H12F3N3O2/c17-16(18,19)10-4-6-11(7-5-10)21-9-8-12-13(15(21)20)2-1-3-14(12)22(23)24/h1-9,15H,20H2. The van der Waals surface area contributed by atoms with Crippen LogP contribution in [0.15, 0.2) is 48.7 Å². The lowest BCUT2D eigenvalue weighted by Crippen LogP contribution is -2.33. The number of hydrogen-bond acceptors (Lipinski definition) is 4. The molecular weight excluding hydrogens is 323 g/mol. The van der Waals surface area contributed by atoms with Crippen molar-refractivity contribution in [2.45, 2.75) is 12.3 Å².